The number of nitrogens with one attached hydrogen (secondary N) is 1. The quantitative estimate of drug-likeness (QED) is 0.794. The Morgan fingerprint density at radius 3 is 2.63 bits per heavy atom. The lowest BCUT2D eigenvalue weighted by atomic mass is 10.2. The second-order valence-electron chi connectivity index (χ2n) is 4.90. The van der Waals surface area contributed by atoms with Gasteiger partial charge >= 0.3 is 0 Å². The molecule has 1 saturated carbocycles. The predicted octanol–water partition coefficient (Wildman–Crippen LogP) is 2.67. The third kappa shape index (κ3) is 4.41. The Morgan fingerprint density at radius 1 is 1.47 bits per heavy atom. The van der Waals surface area contributed by atoms with E-state index in [1.54, 1.807) is 0 Å². The van der Waals surface area contributed by atoms with Crippen LogP contribution in [-0.4, -0.2) is 23.7 Å². The maximum Gasteiger partial charge on any atom is 0.233 e. The van der Waals surface area contributed by atoms with E-state index in [1.165, 1.54) is 24.6 Å². The topological polar surface area (TPSA) is 55.1 Å². The van der Waals surface area contributed by atoms with Crippen molar-refractivity contribution in [2.24, 2.45) is 11.7 Å². The summed E-state index contributed by atoms with van der Waals surface area (Å²) in [6.07, 6.45) is 2.36. The average Bonchev–Trinajstić information content (AvgIpc) is 3.22. The Hall–Kier alpha value is -0.710. The second-order valence-corrected chi connectivity index (χ2v) is 6.75. The smallest absolute Gasteiger partial charge is 0.233 e. The zero-order valence-electron chi connectivity index (χ0n) is 10.9. The minimum absolute atomic E-state index is 0.0577. The van der Waals surface area contributed by atoms with Gasteiger partial charge in [0.2, 0.25) is 5.91 Å². The van der Waals surface area contributed by atoms with Crippen LogP contribution in [0.3, 0.4) is 0 Å². The van der Waals surface area contributed by atoms with E-state index >= 15 is 0 Å². The van der Waals surface area contributed by atoms with Gasteiger partial charge in [-0.25, -0.2) is 0 Å². The molecule has 0 heterocycles. The molecule has 3 nitrogen and oxygen atoms in total. The third-order valence-electron chi connectivity index (χ3n) is 3.27. The first-order valence-corrected chi connectivity index (χ1v) is 7.78. The van der Waals surface area contributed by atoms with Crippen LogP contribution in [0.2, 0.25) is 5.02 Å². The number of hydrogen-bond acceptors (Lipinski definition) is 3. The molecule has 1 aliphatic rings. The highest BCUT2D eigenvalue weighted by atomic mass is 35.5. The first-order valence-electron chi connectivity index (χ1n) is 6.53. The number of benzene rings is 1. The van der Waals surface area contributed by atoms with Crippen LogP contribution in [0.5, 0.6) is 0 Å². The number of carbonyl (C=O) groups is 1. The molecule has 0 aromatic heterocycles. The number of nitrogens with two attached hydrogens (primary N) is 1. The standard InChI is InChI=1S/C14H19ClN2OS/c1-9(19-12-6-4-11(15)5-7-12)14(18)17-13(8-16)10-2-3-10/h4-7,9-10,13H,2-3,8,16H2,1H3,(H,17,18). The van der Waals surface area contributed by atoms with E-state index in [0.717, 1.165) is 4.90 Å². The summed E-state index contributed by atoms with van der Waals surface area (Å²) in [6, 6.07) is 7.67. The van der Waals surface area contributed by atoms with Gasteiger partial charge < -0.3 is 11.1 Å². The molecule has 1 aromatic rings. The molecule has 104 valence electrons. The summed E-state index contributed by atoms with van der Waals surface area (Å²) in [5, 5.41) is 3.63. The van der Waals surface area contributed by atoms with Crippen LogP contribution in [0, 0.1) is 5.92 Å². The first kappa shape index (κ1) is 14.7. The molecule has 3 N–H and O–H groups in total. The number of rotatable bonds is 6. The molecule has 1 fully saturated rings. The first-order chi connectivity index (χ1) is 9.10. The highest BCUT2D eigenvalue weighted by Crippen LogP contribution is 2.32. The van der Waals surface area contributed by atoms with Gasteiger partial charge in [0.05, 0.1) is 5.25 Å². The molecule has 0 radical (unpaired) electrons. The summed E-state index contributed by atoms with van der Waals surface area (Å²) < 4.78 is 0. The summed E-state index contributed by atoms with van der Waals surface area (Å²) in [5.74, 6) is 0.643. The van der Waals surface area contributed by atoms with Crippen LogP contribution in [0.25, 0.3) is 0 Å². The molecule has 0 bridgehead atoms. The van der Waals surface area contributed by atoms with E-state index in [0.29, 0.717) is 17.5 Å². The van der Waals surface area contributed by atoms with E-state index in [9.17, 15) is 4.79 Å². The molecule has 0 saturated heterocycles. The van der Waals surface area contributed by atoms with Crippen LogP contribution < -0.4 is 11.1 Å². The van der Waals surface area contributed by atoms with Gasteiger partial charge in [-0.2, -0.15) is 0 Å². The SMILES string of the molecule is CC(Sc1ccc(Cl)cc1)C(=O)NC(CN)C1CC1. The minimum Gasteiger partial charge on any atom is -0.351 e. The normalized spacial score (nSPS) is 17.8. The van der Waals surface area contributed by atoms with E-state index in [2.05, 4.69) is 5.32 Å². The molecular weight excluding hydrogens is 280 g/mol. The highest BCUT2D eigenvalue weighted by Gasteiger charge is 2.32. The number of halogens is 1. The molecule has 1 aliphatic carbocycles. The van der Waals surface area contributed by atoms with E-state index in [1.807, 2.05) is 31.2 Å². The van der Waals surface area contributed by atoms with Crippen molar-refractivity contribution in [3.8, 4) is 0 Å². The van der Waals surface area contributed by atoms with Crippen LogP contribution >= 0.6 is 23.4 Å². The molecular formula is C14H19ClN2OS. The third-order valence-corrected chi connectivity index (χ3v) is 4.63. The maximum absolute atomic E-state index is 12.1. The molecule has 2 unspecified atom stereocenters. The van der Waals surface area contributed by atoms with Crippen molar-refractivity contribution in [1.29, 1.82) is 0 Å². The van der Waals surface area contributed by atoms with Gasteiger partial charge in [-0.1, -0.05) is 11.6 Å². The lowest BCUT2D eigenvalue weighted by molar-refractivity contribution is -0.121. The summed E-state index contributed by atoms with van der Waals surface area (Å²) in [7, 11) is 0. The summed E-state index contributed by atoms with van der Waals surface area (Å²) in [6.45, 7) is 2.43. The zero-order chi connectivity index (χ0) is 13.8. The van der Waals surface area contributed by atoms with E-state index in [4.69, 9.17) is 17.3 Å². The second kappa shape index (κ2) is 6.64. The lowest BCUT2D eigenvalue weighted by Gasteiger charge is -2.19. The molecule has 2 rings (SSSR count). The zero-order valence-corrected chi connectivity index (χ0v) is 12.5. The van der Waals surface area contributed by atoms with E-state index in [-0.39, 0.29) is 17.2 Å². The van der Waals surface area contributed by atoms with Crippen molar-refractivity contribution < 1.29 is 4.79 Å². The molecule has 5 heteroatoms. The Balaban J connectivity index is 1.86. The summed E-state index contributed by atoms with van der Waals surface area (Å²) in [5.41, 5.74) is 5.70. The van der Waals surface area contributed by atoms with Gasteiger partial charge in [0.15, 0.2) is 0 Å². The molecule has 1 aromatic carbocycles. The van der Waals surface area contributed by atoms with Crippen LogP contribution in [0.1, 0.15) is 19.8 Å². The Bertz CT molecular complexity index is 434. The van der Waals surface area contributed by atoms with Crippen molar-refractivity contribution in [3.05, 3.63) is 29.3 Å². The fourth-order valence-electron chi connectivity index (χ4n) is 1.94. The van der Waals surface area contributed by atoms with Gasteiger partial charge in [0.25, 0.3) is 0 Å². The van der Waals surface area contributed by atoms with Crippen LogP contribution in [0.15, 0.2) is 29.2 Å². The van der Waals surface area contributed by atoms with Crippen molar-refractivity contribution >= 4 is 29.3 Å². The largest absolute Gasteiger partial charge is 0.351 e. The van der Waals surface area contributed by atoms with Crippen molar-refractivity contribution in [1.82, 2.24) is 5.32 Å². The summed E-state index contributed by atoms with van der Waals surface area (Å²) in [4.78, 5) is 13.1. The molecule has 0 spiro atoms. The molecule has 1 amide bonds. The fraction of sp³-hybridized carbons (Fsp3) is 0.500. The van der Waals surface area contributed by atoms with Crippen molar-refractivity contribution in [2.75, 3.05) is 6.54 Å². The Morgan fingerprint density at radius 2 is 2.11 bits per heavy atom. The number of carbonyl (C=O) groups excluding carboxylic acids is 1. The fourth-order valence-corrected chi connectivity index (χ4v) is 2.94. The average molecular weight is 299 g/mol. The van der Waals surface area contributed by atoms with Gasteiger partial charge in [-0.3, -0.25) is 4.79 Å². The summed E-state index contributed by atoms with van der Waals surface area (Å²) >= 11 is 7.37. The van der Waals surface area contributed by atoms with Gasteiger partial charge in [0, 0.05) is 22.5 Å². The number of thioether (sulfide) groups is 1. The minimum atomic E-state index is -0.131. The Labute approximate surface area is 123 Å². The van der Waals surface area contributed by atoms with Crippen LogP contribution in [-0.2, 0) is 4.79 Å². The molecule has 2 atom stereocenters. The van der Waals surface area contributed by atoms with Crippen molar-refractivity contribution in [2.45, 2.75) is 36.0 Å². The van der Waals surface area contributed by atoms with Crippen molar-refractivity contribution in [3.63, 3.8) is 0 Å². The maximum atomic E-state index is 12.1. The van der Waals surface area contributed by atoms with Gasteiger partial charge in [-0.15, -0.1) is 11.8 Å². The number of hydrogen-bond donors (Lipinski definition) is 2. The molecule has 0 aliphatic heterocycles. The highest BCUT2D eigenvalue weighted by molar-refractivity contribution is 8.00. The van der Waals surface area contributed by atoms with E-state index < -0.39 is 0 Å². The Kier molecular flexibility index (Phi) is 5.13. The molecule has 19 heavy (non-hydrogen) atoms. The monoisotopic (exact) mass is 298 g/mol. The van der Waals surface area contributed by atoms with Crippen LogP contribution in [0.4, 0.5) is 0 Å². The van der Waals surface area contributed by atoms with Gasteiger partial charge in [0.1, 0.15) is 0 Å². The number of amides is 1. The lowest BCUT2D eigenvalue weighted by Crippen LogP contribution is -2.44. The van der Waals surface area contributed by atoms with Gasteiger partial charge in [-0.05, 0) is 49.9 Å². The predicted molar refractivity (Wildman–Crippen MR) is 80.5 cm³/mol.